The summed E-state index contributed by atoms with van der Waals surface area (Å²) in [6, 6.07) is 8.61. The molecule has 1 saturated carbocycles. The van der Waals surface area contributed by atoms with Crippen LogP contribution in [0.1, 0.15) is 16.8 Å². The average molecular weight is 406 g/mol. The molecule has 1 fully saturated rings. The number of amides is 1. The first-order chi connectivity index (χ1) is 13.3. The van der Waals surface area contributed by atoms with Crippen LogP contribution in [0.3, 0.4) is 0 Å². The van der Waals surface area contributed by atoms with Gasteiger partial charge in [0.05, 0.1) is 29.2 Å². The average Bonchev–Trinajstić information content (AvgIpc) is 2.94. The van der Waals surface area contributed by atoms with E-state index in [4.69, 9.17) is 4.74 Å². The summed E-state index contributed by atoms with van der Waals surface area (Å²) in [5.74, 6) is -0.303. The van der Waals surface area contributed by atoms with Crippen LogP contribution >= 0.6 is 0 Å². The van der Waals surface area contributed by atoms with E-state index in [2.05, 4.69) is 10.3 Å². The smallest absolute Gasteiger partial charge is 0.253 e. The third-order valence-electron chi connectivity index (χ3n) is 4.76. The molecule has 4 unspecified atom stereocenters. The van der Waals surface area contributed by atoms with Gasteiger partial charge in [-0.25, -0.2) is 8.42 Å². The third kappa shape index (κ3) is 4.67. The number of aliphatic hydroxyl groups excluding tert-OH is 2. The molecule has 1 amide bonds. The first kappa shape index (κ1) is 20.2. The number of carbonyl (C=O) groups excluding carboxylic acids is 1. The van der Waals surface area contributed by atoms with Crippen molar-refractivity contribution in [3.05, 3.63) is 54.4 Å². The lowest BCUT2D eigenvalue weighted by molar-refractivity contribution is 0.00252. The van der Waals surface area contributed by atoms with E-state index in [1.54, 1.807) is 18.3 Å². The summed E-state index contributed by atoms with van der Waals surface area (Å²) in [5, 5.41) is 23.2. The first-order valence-electron chi connectivity index (χ1n) is 8.75. The number of rotatable bonds is 6. The Bertz CT molecular complexity index is 917. The molecule has 1 heterocycles. The van der Waals surface area contributed by atoms with E-state index in [9.17, 15) is 23.4 Å². The van der Waals surface area contributed by atoms with Crippen molar-refractivity contribution in [2.24, 2.45) is 5.92 Å². The van der Waals surface area contributed by atoms with Gasteiger partial charge in [0.1, 0.15) is 11.9 Å². The monoisotopic (exact) mass is 406 g/mol. The molecular weight excluding hydrogens is 384 g/mol. The Kier molecular flexibility index (Phi) is 5.97. The number of ether oxygens (including phenoxy) is 1. The molecule has 4 atom stereocenters. The fourth-order valence-electron chi connectivity index (χ4n) is 3.17. The number of carbonyl (C=O) groups is 1. The minimum absolute atomic E-state index is 0.121. The van der Waals surface area contributed by atoms with Crippen LogP contribution in [0.4, 0.5) is 0 Å². The highest BCUT2D eigenvalue weighted by molar-refractivity contribution is 7.90. The van der Waals surface area contributed by atoms with Crippen molar-refractivity contribution in [1.82, 2.24) is 10.3 Å². The van der Waals surface area contributed by atoms with Crippen LogP contribution in [-0.2, 0) is 9.84 Å². The summed E-state index contributed by atoms with van der Waals surface area (Å²) in [6.07, 6.45) is 2.29. The standard InChI is InChI=1S/C19H22N2O6S/c1-28(25,26)15-6-4-14(5-7-15)27-11-13-9-16(18(23)17(13)22)21-19(24)12-3-2-8-20-10-12/h2-8,10,13,16-18,22-23H,9,11H2,1H3,(H,21,24). The number of hydrogen-bond donors (Lipinski definition) is 3. The van der Waals surface area contributed by atoms with E-state index in [0.717, 1.165) is 6.26 Å². The largest absolute Gasteiger partial charge is 0.493 e. The topological polar surface area (TPSA) is 126 Å². The molecule has 1 aliphatic carbocycles. The fourth-order valence-corrected chi connectivity index (χ4v) is 3.80. The summed E-state index contributed by atoms with van der Waals surface area (Å²) in [7, 11) is -3.28. The molecule has 1 aromatic heterocycles. The van der Waals surface area contributed by atoms with Crippen LogP contribution in [-0.4, -0.2) is 60.6 Å². The zero-order valence-corrected chi connectivity index (χ0v) is 16.0. The van der Waals surface area contributed by atoms with Crippen molar-refractivity contribution < 1.29 is 28.2 Å². The second-order valence-electron chi connectivity index (χ2n) is 6.85. The molecule has 2 aromatic rings. The van der Waals surface area contributed by atoms with Gasteiger partial charge in [-0.05, 0) is 42.8 Å². The second-order valence-corrected chi connectivity index (χ2v) is 8.87. The molecule has 1 aromatic carbocycles. The van der Waals surface area contributed by atoms with E-state index in [1.807, 2.05) is 0 Å². The lowest BCUT2D eigenvalue weighted by atomic mass is 10.1. The highest BCUT2D eigenvalue weighted by Gasteiger charge is 2.42. The van der Waals surface area contributed by atoms with Crippen molar-refractivity contribution in [2.45, 2.75) is 29.6 Å². The Hall–Kier alpha value is -2.49. The van der Waals surface area contributed by atoms with Gasteiger partial charge in [0.15, 0.2) is 9.84 Å². The Morgan fingerprint density at radius 2 is 1.93 bits per heavy atom. The summed E-state index contributed by atoms with van der Waals surface area (Å²) in [5.41, 5.74) is 0.370. The van der Waals surface area contributed by atoms with Gasteiger partial charge in [-0.3, -0.25) is 9.78 Å². The van der Waals surface area contributed by atoms with Crippen LogP contribution in [0.15, 0.2) is 53.7 Å². The normalized spacial score (nSPS) is 24.7. The number of nitrogens with zero attached hydrogens (tertiary/aromatic N) is 1. The fraction of sp³-hybridized carbons (Fsp3) is 0.368. The van der Waals surface area contributed by atoms with Gasteiger partial charge in [0.25, 0.3) is 5.91 Å². The summed E-state index contributed by atoms with van der Waals surface area (Å²) < 4.78 is 28.6. The molecule has 150 valence electrons. The molecule has 3 N–H and O–H groups in total. The van der Waals surface area contributed by atoms with Crippen molar-refractivity contribution in [3.63, 3.8) is 0 Å². The molecule has 0 aliphatic heterocycles. The number of nitrogens with one attached hydrogen (secondary N) is 1. The van der Waals surface area contributed by atoms with E-state index >= 15 is 0 Å². The molecule has 28 heavy (non-hydrogen) atoms. The zero-order chi connectivity index (χ0) is 20.3. The lowest BCUT2D eigenvalue weighted by Crippen LogP contribution is -2.43. The maximum atomic E-state index is 12.2. The number of aromatic nitrogens is 1. The van der Waals surface area contributed by atoms with Gasteiger partial charge >= 0.3 is 0 Å². The molecule has 3 rings (SSSR count). The Morgan fingerprint density at radius 3 is 2.54 bits per heavy atom. The van der Waals surface area contributed by atoms with E-state index in [-0.39, 0.29) is 23.3 Å². The minimum Gasteiger partial charge on any atom is -0.493 e. The highest BCUT2D eigenvalue weighted by Crippen LogP contribution is 2.28. The van der Waals surface area contributed by atoms with Crippen molar-refractivity contribution >= 4 is 15.7 Å². The van der Waals surface area contributed by atoms with Gasteiger partial charge in [0, 0.05) is 24.6 Å². The Labute approximate surface area is 163 Å². The van der Waals surface area contributed by atoms with Crippen LogP contribution in [0.5, 0.6) is 5.75 Å². The molecule has 8 nitrogen and oxygen atoms in total. The van der Waals surface area contributed by atoms with Gasteiger partial charge in [-0.15, -0.1) is 0 Å². The SMILES string of the molecule is CS(=O)(=O)c1ccc(OCC2CC(NC(=O)c3cccnc3)C(O)C2O)cc1. The van der Waals surface area contributed by atoms with Gasteiger partial charge in [-0.1, -0.05) is 0 Å². The van der Waals surface area contributed by atoms with Crippen molar-refractivity contribution in [2.75, 3.05) is 12.9 Å². The third-order valence-corrected chi connectivity index (χ3v) is 5.89. The van der Waals surface area contributed by atoms with Gasteiger partial charge < -0.3 is 20.3 Å². The van der Waals surface area contributed by atoms with Crippen molar-refractivity contribution in [3.8, 4) is 5.75 Å². The lowest BCUT2D eigenvalue weighted by Gasteiger charge is -2.18. The quantitative estimate of drug-likeness (QED) is 0.634. The van der Waals surface area contributed by atoms with Crippen LogP contribution in [0.25, 0.3) is 0 Å². The first-order valence-corrected chi connectivity index (χ1v) is 10.6. The number of sulfone groups is 1. The van der Waals surface area contributed by atoms with Gasteiger partial charge in [0.2, 0.25) is 0 Å². The highest BCUT2D eigenvalue weighted by atomic mass is 32.2. The van der Waals surface area contributed by atoms with E-state index < -0.39 is 28.1 Å². The number of hydrogen-bond acceptors (Lipinski definition) is 7. The maximum Gasteiger partial charge on any atom is 0.253 e. The summed E-state index contributed by atoms with van der Waals surface area (Å²) >= 11 is 0. The molecule has 0 radical (unpaired) electrons. The zero-order valence-electron chi connectivity index (χ0n) is 15.2. The van der Waals surface area contributed by atoms with Crippen LogP contribution in [0.2, 0.25) is 0 Å². The molecular formula is C19H22N2O6S. The van der Waals surface area contributed by atoms with Crippen molar-refractivity contribution in [1.29, 1.82) is 0 Å². The summed E-state index contributed by atoms with van der Waals surface area (Å²) in [6.45, 7) is 0.121. The molecule has 0 saturated heterocycles. The maximum absolute atomic E-state index is 12.2. The predicted octanol–water partition coefficient (Wildman–Crippen LogP) is 0.404. The van der Waals surface area contributed by atoms with Crippen LogP contribution in [0, 0.1) is 5.92 Å². The van der Waals surface area contributed by atoms with Crippen LogP contribution < -0.4 is 10.1 Å². The number of pyridine rings is 1. The molecule has 0 bridgehead atoms. The number of aliphatic hydroxyl groups is 2. The summed E-state index contributed by atoms with van der Waals surface area (Å²) in [4.78, 5) is 16.3. The molecule has 9 heteroatoms. The van der Waals surface area contributed by atoms with Gasteiger partial charge in [-0.2, -0.15) is 0 Å². The number of benzene rings is 1. The minimum atomic E-state index is -3.28. The second kappa shape index (κ2) is 8.26. The van der Waals surface area contributed by atoms with E-state index in [0.29, 0.717) is 17.7 Å². The molecule has 0 spiro atoms. The Balaban J connectivity index is 1.57. The Morgan fingerprint density at radius 1 is 1.21 bits per heavy atom. The van der Waals surface area contributed by atoms with E-state index in [1.165, 1.54) is 30.5 Å². The predicted molar refractivity (Wildman–Crippen MR) is 101 cm³/mol. The molecule has 1 aliphatic rings.